The molecule has 2 aromatic rings. The standard InChI is InChI=1S/C12H15N3O3/c1-13-7-11-14-12(18-15-11)8-4-5-9(16-2)10(6-8)17-3/h4-6,13H,7H2,1-3H3. The van der Waals surface area contributed by atoms with Gasteiger partial charge in [-0.2, -0.15) is 4.98 Å². The van der Waals surface area contributed by atoms with Crippen LogP contribution in [0.2, 0.25) is 0 Å². The SMILES string of the molecule is CNCc1noc(-c2ccc(OC)c(OC)c2)n1. The highest BCUT2D eigenvalue weighted by Gasteiger charge is 2.11. The Bertz CT molecular complexity index is 525. The van der Waals surface area contributed by atoms with Gasteiger partial charge in [0.15, 0.2) is 17.3 Å². The fourth-order valence-electron chi connectivity index (χ4n) is 1.57. The van der Waals surface area contributed by atoms with Gasteiger partial charge in [0.25, 0.3) is 5.89 Å². The van der Waals surface area contributed by atoms with Crippen molar-refractivity contribution < 1.29 is 14.0 Å². The van der Waals surface area contributed by atoms with Crippen LogP contribution in [-0.4, -0.2) is 31.4 Å². The van der Waals surface area contributed by atoms with Crippen LogP contribution in [0.3, 0.4) is 0 Å². The van der Waals surface area contributed by atoms with Crippen LogP contribution < -0.4 is 14.8 Å². The summed E-state index contributed by atoms with van der Waals surface area (Å²) < 4.78 is 15.6. The van der Waals surface area contributed by atoms with E-state index in [-0.39, 0.29) is 0 Å². The van der Waals surface area contributed by atoms with Crippen LogP contribution in [0.5, 0.6) is 11.5 Å². The first-order valence-electron chi connectivity index (χ1n) is 5.48. The van der Waals surface area contributed by atoms with E-state index in [4.69, 9.17) is 14.0 Å². The van der Waals surface area contributed by atoms with E-state index in [1.165, 1.54) is 0 Å². The van der Waals surface area contributed by atoms with Gasteiger partial charge in [-0.1, -0.05) is 5.16 Å². The van der Waals surface area contributed by atoms with Crippen molar-refractivity contribution in [1.29, 1.82) is 0 Å². The number of nitrogens with one attached hydrogen (secondary N) is 1. The van der Waals surface area contributed by atoms with Crippen LogP contribution >= 0.6 is 0 Å². The first kappa shape index (κ1) is 12.4. The van der Waals surface area contributed by atoms with Gasteiger partial charge in [0.1, 0.15) is 0 Å². The molecule has 96 valence electrons. The maximum atomic E-state index is 5.23. The molecular weight excluding hydrogens is 234 g/mol. The molecule has 1 aromatic heterocycles. The van der Waals surface area contributed by atoms with E-state index in [1.54, 1.807) is 26.4 Å². The van der Waals surface area contributed by atoms with Gasteiger partial charge in [0.05, 0.1) is 20.8 Å². The summed E-state index contributed by atoms with van der Waals surface area (Å²) in [5.74, 6) is 2.36. The van der Waals surface area contributed by atoms with E-state index in [0.717, 1.165) is 5.56 Å². The summed E-state index contributed by atoms with van der Waals surface area (Å²) in [6.07, 6.45) is 0. The second-order valence-electron chi connectivity index (χ2n) is 3.62. The van der Waals surface area contributed by atoms with Crippen LogP contribution in [-0.2, 0) is 6.54 Å². The minimum atomic E-state index is 0.459. The van der Waals surface area contributed by atoms with E-state index in [2.05, 4.69) is 15.5 Å². The lowest BCUT2D eigenvalue weighted by atomic mass is 10.2. The predicted molar refractivity (Wildman–Crippen MR) is 65.6 cm³/mol. The first-order chi connectivity index (χ1) is 8.78. The maximum absolute atomic E-state index is 5.23. The molecule has 0 fully saturated rings. The van der Waals surface area contributed by atoms with Gasteiger partial charge in [-0.25, -0.2) is 0 Å². The number of aromatic nitrogens is 2. The fraction of sp³-hybridized carbons (Fsp3) is 0.333. The molecule has 1 heterocycles. The molecule has 0 amide bonds. The minimum Gasteiger partial charge on any atom is -0.493 e. The normalized spacial score (nSPS) is 10.4. The summed E-state index contributed by atoms with van der Waals surface area (Å²) in [4.78, 5) is 4.26. The lowest BCUT2D eigenvalue weighted by molar-refractivity contribution is 0.355. The first-order valence-corrected chi connectivity index (χ1v) is 5.48. The maximum Gasteiger partial charge on any atom is 0.258 e. The Morgan fingerprint density at radius 2 is 2.00 bits per heavy atom. The van der Waals surface area contributed by atoms with Crippen molar-refractivity contribution in [3.8, 4) is 23.0 Å². The summed E-state index contributed by atoms with van der Waals surface area (Å²) in [6, 6.07) is 5.45. The Labute approximate surface area is 105 Å². The molecule has 0 unspecified atom stereocenters. The lowest BCUT2D eigenvalue weighted by Crippen LogP contribution is -2.06. The monoisotopic (exact) mass is 249 g/mol. The van der Waals surface area contributed by atoms with E-state index in [1.807, 2.05) is 13.1 Å². The third kappa shape index (κ3) is 2.43. The van der Waals surface area contributed by atoms with Gasteiger partial charge in [0.2, 0.25) is 0 Å². The molecule has 0 radical (unpaired) electrons. The van der Waals surface area contributed by atoms with Crippen LogP contribution in [0, 0.1) is 0 Å². The zero-order chi connectivity index (χ0) is 13.0. The van der Waals surface area contributed by atoms with Gasteiger partial charge in [0, 0.05) is 5.56 Å². The molecule has 6 heteroatoms. The van der Waals surface area contributed by atoms with E-state index in [0.29, 0.717) is 29.8 Å². The van der Waals surface area contributed by atoms with Gasteiger partial charge in [-0.05, 0) is 25.2 Å². The molecule has 1 aromatic carbocycles. The van der Waals surface area contributed by atoms with E-state index in [9.17, 15) is 0 Å². The Balaban J connectivity index is 2.31. The third-order valence-electron chi connectivity index (χ3n) is 2.43. The van der Waals surface area contributed by atoms with Crippen LogP contribution in [0.1, 0.15) is 5.82 Å². The number of hydrogen-bond acceptors (Lipinski definition) is 6. The number of rotatable bonds is 5. The van der Waals surface area contributed by atoms with Crippen molar-refractivity contribution in [3.63, 3.8) is 0 Å². The number of ether oxygens (including phenoxy) is 2. The molecule has 0 saturated carbocycles. The predicted octanol–water partition coefficient (Wildman–Crippen LogP) is 1.47. The highest BCUT2D eigenvalue weighted by molar-refractivity contribution is 5.59. The average molecular weight is 249 g/mol. The number of methoxy groups -OCH3 is 2. The topological polar surface area (TPSA) is 69.4 Å². The zero-order valence-corrected chi connectivity index (χ0v) is 10.6. The van der Waals surface area contributed by atoms with Crippen LogP contribution in [0.15, 0.2) is 22.7 Å². The molecule has 18 heavy (non-hydrogen) atoms. The Hall–Kier alpha value is -2.08. The van der Waals surface area contributed by atoms with Gasteiger partial charge >= 0.3 is 0 Å². The van der Waals surface area contributed by atoms with E-state index >= 15 is 0 Å². The molecule has 0 atom stereocenters. The van der Waals surface area contributed by atoms with Crippen molar-refractivity contribution in [3.05, 3.63) is 24.0 Å². The molecular formula is C12H15N3O3. The molecule has 0 aliphatic carbocycles. The van der Waals surface area contributed by atoms with Crippen molar-refractivity contribution in [2.45, 2.75) is 6.54 Å². The largest absolute Gasteiger partial charge is 0.493 e. The van der Waals surface area contributed by atoms with Crippen molar-refractivity contribution in [2.75, 3.05) is 21.3 Å². The molecule has 1 N–H and O–H groups in total. The molecule has 0 bridgehead atoms. The molecule has 0 spiro atoms. The van der Waals surface area contributed by atoms with Crippen molar-refractivity contribution in [2.24, 2.45) is 0 Å². The minimum absolute atomic E-state index is 0.459. The Morgan fingerprint density at radius 3 is 2.67 bits per heavy atom. The molecule has 0 saturated heterocycles. The smallest absolute Gasteiger partial charge is 0.258 e. The Kier molecular flexibility index (Phi) is 3.78. The van der Waals surface area contributed by atoms with E-state index < -0.39 is 0 Å². The summed E-state index contributed by atoms with van der Waals surface area (Å²) in [6.45, 7) is 0.566. The number of benzene rings is 1. The summed E-state index contributed by atoms with van der Waals surface area (Å²) in [5.41, 5.74) is 0.794. The average Bonchev–Trinajstić information content (AvgIpc) is 2.87. The fourth-order valence-corrected chi connectivity index (χ4v) is 1.57. The lowest BCUT2D eigenvalue weighted by Gasteiger charge is -2.07. The molecule has 0 aliphatic heterocycles. The van der Waals surface area contributed by atoms with Crippen molar-refractivity contribution >= 4 is 0 Å². The Morgan fingerprint density at radius 1 is 1.22 bits per heavy atom. The number of hydrogen-bond donors (Lipinski definition) is 1. The van der Waals surface area contributed by atoms with Gasteiger partial charge < -0.3 is 19.3 Å². The summed E-state index contributed by atoms with van der Waals surface area (Å²) >= 11 is 0. The van der Waals surface area contributed by atoms with Crippen LogP contribution in [0.25, 0.3) is 11.5 Å². The van der Waals surface area contributed by atoms with Crippen molar-refractivity contribution in [1.82, 2.24) is 15.5 Å². The van der Waals surface area contributed by atoms with Gasteiger partial charge in [-0.3, -0.25) is 0 Å². The summed E-state index contributed by atoms with van der Waals surface area (Å²) in [5, 5.41) is 6.82. The highest BCUT2D eigenvalue weighted by atomic mass is 16.5. The number of nitrogens with zero attached hydrogens (tertiary/aromatic N) is 2. The molecule has 6 nitrogen and oxygen atoms in total. The third-order valence-corrected chi connectivity index (χ3v) is 2.43. The van der Waals surface area contributed by atoms with Crippen LogP contribution in [0.4, 0.5) is 0 Å². The highest BCUT2D eigenvalue weighted by Crippen LogP contribution is 2.31. The molecule has 2 rings (SSSR count). The quantitative estimate of drug-likeness (QED) is 0.865. The summed E-state index contributed by atoms with van der Waals surface area (Å²) in [7, 11) is 5.00. The molecule has 0 aliphatic rings. The zero-order valence-electron chi connectivity index (χ0n) is 10.6. The van der Waals surface area contributed by atoms with Gasteiger partial charge in [-0.15, -0.1) is 0 Å². The second kappa shape index (κ2) is 5.50. The second-order valence-corrected chi connectivity index (χ2v) is 3.62.